The van der Waals surface area contributed by atoms with E-state index in [0.29, 0.717) is 6.61 Å². The Morgan fingerprint density at radius 3 is 2.14 bits per heavy atom. The second-order valence-electron chi connectivity index (χ2n) is 5.08. The minimum Gasteiger partial charge on any atom is -0.475 e. The molecule has 0 amide bonds. The molecular weight excluding hydrogens is 272 g/mol. The Bertz CT molecular complexity index is 436. The molecule has 0 fully saturated rings. The molecule has 0 saturated heterocycles. The predicted molar refractivity (Wildman–Crippen MR) is 78.6 cm³/mol. The van der Waals surface area contributed by atoms with Crippen LogP contribution in [0.5, 0.6) is 0 Å². The Morgan fingerprint density at radius 1 is 1.00 bits per heavy atom. The number of esters is 1. The van der Waals surface area contributed by atoms with Gasteiger partial charge in [-0.25, -0.2) is 9.59 Å². The zero-order chi connectivity index (χ0) is 15.5. The predicted octanol–water partition coefficient (Wildman–Crippen LogP) is 4.28. The van der Waals surface area contributed by atoms with Crippen LogP contribution in [-0.2, 0) is 4.74 Å². The molecule has 0 aromatic carbocycles. The van der Waals surface area contributed by atoms with E-state index < -0.39 is 11.9 Å². The first-order chi connectivity index (χ1) is 10.1. The topological polar surface area (TPSA) is 76.7 Å². The summed E-state index contributed by atoms with van der Waals surface area (Å²) in [5.74, 6) is -2.12. The normalized spacial score (nSPS) is 10.5. The van der Waals surface area contributed by atoms with Crippen molar-refractivity contribution >= 4 is 11.9 Å². The van der Waals surface area contributed by atoms with Gasteiger partial charge in [-0.05, 0) is 18.6 Å². The smallest absolute Gasteiger partial charge is 0.374 e. The molecule has 118 valence electrons. The SMILES string of the molecule is CCCCCCCCCCOC(=O)c1ccc(C(=O)O)o1. The first-order valence-electron chi connectivity index (χ1n) is 7.65. The molecule has 0 unspecified atom stereocenters. The molecule has 1 N–H and O–H groups in total. The number of carboxylic acid groups (broad SMARTS) is 1. The average molecular weight is 296 g/mol. The van der Waals surface area contributed by atoms with Crippen molar-refractivity contribution in [3.05, 3.63) is 23.7 Å². The highest BCUT2D eigenvalue weighted by Gasteiger charge is 2.15. The Hall–Kier alpha value is -1.78. The van der Waals surface area contributed by atoms with E-state index in [0.717, 1.165) is 19.3 Å². The fraction of sp³-hybridized carbons (Fsp3) is 0.625. The van der Waals surface area contributed by atoms with Gasteiger partial charge < -0.3 is 14.3 Å². The van der Waals surface area contributed by atoms with Crippen LogP contribution in [-0.4, -0.2) is 23.7 Å². The van der Waals surface area contributed by atoms with E-state index in [9.17, 15) is 9.59 Å². The van der Waals surface area contributed by atoms with Gasteiger partial charge in [0.15, 0.2) is 0 Å². The van der Waals surface area contributed by atoms with Crippen LogP contribution in [0.3, 0.4) is 0 Å². The maximum Gasteiger partial charge on any atom is 0.374 e. The minimum atomic E-state index is -1.20. The van der Waals surface area contributed by atoms with Gasteiger partial charge in [-0.1, -0.05) is 51.9 Å². The highest BCUT2D eigenvalue weighted by Crippen LogP contribution is 2.11. The lowest BCUT2D eigenvalue weighted by Crippen LogP contribution is -2.05. The van der Waals surface area contributed by atoms with Gasteiger partial charge in [-0.2, -0.15) is 0 Å². The molecule has 0 radical (unpaired) electrons. The molecule has 0 saturated carbocycles. The molecule has 5 heteroatoms. The molecule has 0 aliphatic rings. The van der Waals surface area contributed by atoms with Crippen molar-refractivity contribution in [1.82, 2.24) is 0 Å². The molecule has 0 aliphatic heterocycles. The van der Waals surface area contributed by atoms with Gasteiger partial charge in [0.1, 0.15) is 0 Å². The van der Waals surface area contributed by atoms with Crippen molar-refractivity contribution < 1.29 is 23.8 Å². The van der Waals surface area contributed by atoms with E-state index in [-0.39, 0.29) is 11.5 Å². The number of carbonyl (C=O) groups excluding carboxylic acids is 1. The van der Waals surface area contributed by atoms with Crippen molar-refractivity contribution in [3.8, 4) is 0 Å². The number of unbranched alkanes of at least 4 members (excludes halogenated alkanes) is 7. The molecule has 5 nitrogen and oxygen atoms in total. The van der Waals surface area contributed by atoms with Gasteiger partial charge >= 0.3 is 11.9 Å². The number of furan rings is 1. The molecular formula is C16H24O5. The van der Waals surface area contributed by atoms with E-state index in [1.54, 1.807) is 0 Å². The van der Waals surface area contributed by atoms with Crippen LogP contribution < -0.4 is 0 Å². The zero-order valence-corrected chi connectivity index (χ0v) is 12.6. The third-order valence-corrected chi connectivity index (χ3v) is 3.25. The van der Waals surface area contributed by atoms with E-state index in [1.165, 1.54) is 44.2 Å². The van der Waals surface area contributed by atoms with Crippen LogP contribution in [0, 0.1) is 0 Å². The number of hydrogen-bond donors (Lipinski definition) is 1. The van der Waals surface area contributed by atoms with Crippen LogP contribution in [0.2, 0.25) is 0 Å². The standard InChI is InChI=1S/C16H24O5/c1-2-3-4-5-6-7-8-9-12-20-16(19)14-11-10-13(21-14)15(17)18/h10-11H,2-9,12H2,1H3,(H,17,18). The number of carboxylic acids is 1. The summed E-state index contributed by atoms with van der Waals surface area (Å²) in [6, 6.07) is 2.56. The van der Waals surface area contributed by atoms with Crippen molar-refractivity contribution in [2.75, 3.05) is 6.61 Å². The molecule has 21 heavy (non-hydrogen) atoms. The lowest BCUT2D eigenvalue weighted by Gasteiger charge is -2.03. The molecule has 1 aromatic rings. The minimum absolute atomic E-state index is 0.0630. The summed E-state index contributed by atoms with van der Waals surface area (Å²) in [5.41, 5.74) is 0. The van der Waals surface area contributed by atoms with E-state index in [4.69, 9.17) is 14.3 Å². The molecule has 0 aliphatic carbocycles. The van der Waals surface area contributed by atoms with Gasteiger partial charge in [0.25, 0.3) is 0 Å². The molecule has 0 bridgehead atoms. The van der Waals surface area contributed by atoms with E-state index >= 15 is 0 Å². The fourth-order valence-electron chi connectivity index (χ4n) is 2.03. The first kappa shape index (κ1) is 17.3. The molecule has 0 atom stereocenters. The Labute approximate surface area is 125 Å². The van der Waals surface area contributed by atoms with Gasteiger partial charge in [0.2, 0.25) is 11.5 Å². The highest BCUT2D eigenvalue weighted by atomic mass is 16.5. The maximum atomic E-state index is 11.6. The van der Waals surface area contributed by atoms with Gasteiger partial charge in [0, 0.05) is 0 Å². The third kappa shape index (κ3) is 6.97. The fourth-order valence-corrected chi connectivity index (χ4v) is 2.03. The van der Waals surface area contributed by atoms with Crippen molar-refractivity contribution in [3.63, 3.8) is 0 Å². The molecule has 1 aromatic heterocycles. The first-order valence-corrected chi connectivity index (χ1v) is 7.65. The Balaban J connectivity index is 2.06. The number of rotatable bonds is 11. The highest BCUT2D eigenvalue weighted by molar-refractivity contribution is 5.89. The summed E-state index contributed by atoms with van der Waals surface area (Å²) in [6.07, 6.45) is 9.39. The average Bonchev–Trinajstić information content (AvgIpc) is 2.95. The van der Waals surface area contributed by atoms with Crippen molar-refractivity contribution in [2.24, 2.45) is 0 Å². The van der Waals surface area contributed by atoms with Crippen molar-refractivity contribution in [2.45, 2.75) is 58.3 Å². The van der Waals surface area contributed by atoms with Crippen LogP contribution in [0.25, 0.3) is 0 Å². The number of ether oxygens (including phenoxy) is 1. The quantitative estimate of drug-likeness (QED) is 0.487. The maximum absolute atomic E-state index is 11.6. The number of carbonyl (C=O) groups is 2. The van der Waals surface area contributed by atoms with Gasteiger partial charge in [-0.3, -0.25) is 0 Å². The van der Waals surface area contributed by atoms with Gasteiger partial charge in [0.05, 0.1) is 6.61 Å². The third-order valence-electron chi connectivity index (χ3n) is 3.25. The monoisotopic (exact) mass is 296 g/mol. The largest absolute Gasteiger partial charge is 0.475 e. The zero-order valence-electron chi connectivity index (χ0n) is 12.6. The van der Waals surface area contributed by atoms with E-state index in [1.807, 2.05) is 0 Å². The molecule has 1 heterocycles. The Morgan fingerprint density at radius 2 is 1.57 bits per heavy atom. The summed E-state index contributed by atoms with van der Waals surface area (Å²) >= 11 is 0. The summed E-state index contributed by atoms with van der Waals surface area (Å²) < 4.78 is 9.91. The number of aromatic carboxylic acids is 1. The molecule has 0 spiro atoms. The lowest BCUT2D eigenvalue weighted by molar-refractivity contribution is 0.0456. The lowest BCUT2D eigenvalue weighted by atomic mass is 10.1. The van der Waals surface area contributed by atoms with Crippen LogP contribution in [0.15, 0.2) is 16.5 Å². The van der Waals surface area contributed by atoms with Gasteiger partial charge in [-0.15, -0.1) is 0 Å². The summed E-state index contributed by atoms with van der Waals surface area (Å²) in [7, 11) is 0. The summed E-state index contributed by atoms with van der Waals surface area (Å²) in [4.78, 5) is 22.2. The summed E-state index contributed by atoms with van der Waals surface area (Å²) in [5, 5.41) is 8.68. The second kappa shape index (κ2) is 10.0. The second-order valence-corrected chi connectivity index (χ2v) is 5.08. The van der Waals surface area contributed by atoms with Crippen LogP contribution >= 0.6 is 0 Å². The van der Waals surface area contributed by atoms with Crippen molar-refractivity contribution in [1.29, 1.82) is 0 Å². The van der Waals surface area contributed by atoms with E-state index in [2.05, 4.69) is 6.92 Å². The van der Waals surface area contributed by atoms with Crippen LogP contribution in [0.1, 0.15) is 79.4 Å². The van der Waals surface area contributed by atoms with Crippen LogP contribution in [0.4, 0.5) is 0 Å². The number of hydrogen-bond acceptors (Lipinski definition) is 4. The Kier molecular flexibility index (Phi) is 8.24. The molecule has 1 rings (SSSR count). The summed E-state index contributed by atoms with van der Waals surface area (Å²) in [6.45, 7) is 2.55.